The number of carbonyl (C=O) groups is 1. The highest BCUT2D eigenvalue weighted by atomic mass is 32.1. The van der Waals surface area contributed by atoms with Gasteiger partial charge in [0.25, 0.3) is 5.56 Å². The third-order valence-corrected chi connectivity index (χ3v) is 5.22. The Labute approximate surface area is 144 Å². The van der Waals surface area contributed by atoms with Gasteiger partial charge < -0.3 is 5.32 Å². The number of rotatable bonds is 7. The van der Waals surface area contributed by atoms with Gasteiger partial charge in [-0.2, -0.15) is 0 Å². The third-order valence-electron chi connectivity index (χ3n) is 4.26. The van der Waals surface area contributed by atoms with E-state index < -0.39 is 5.69 Å². The molecule has 1 atom stereocenters. The summed E-state index contributed by atoms with van der Waals surface area (Å²) in [5, 5.41) is 5.05. The summed E-state index contributed by atoms with van der Waals surface area (Å²) >= 11 is 1.62. The summed E-state index contributed by atoms with van der Waals surface area (Å²) in [5.74, 6) is 0.102. The molecule has 0 aliphatic heterocycles. The molecule has 0 spiro atoms. The molecule has 0 fully saturated rings. The number of amides is 1. The number of hydrogen-bond acceptors (Lipinski definition) is 4. The Hall–Kier alpha value is -2.15. The predicted octanol–water partition coefficient (Wildman–Crippen LogP) is 1.90. The maximum atomic E-state index is 12.4. The summed E-state index contributed by atoms with van der Waals surface area (Å²) in [5.41, 5.74) is -0.877. The van der Waals surface area contributed by atoms with E-state index in [9.17, 15) is 14.4 Å². The van der Waals surface area contributed by atoms with Crippen molar-refractivity contribution in [2.24, 2.45) is 13.0 Å². The Morgan fingerprint density at radius 3 is 2.54 bits per heavy atom. The lowest BCUT2D eigenvalue weighted by atomic mass is 9.93. The lowest BCUT2D eigenvalue weighted by Crippen LogP contribution is -2.41. The number of nitrogens with one attached hydrogen (secondary N) is 1. The molecule has 2 heterocycles. The van der Waals surface area contributed by atoms with E-state index in [1.165, 1.54) is 23.9 Å². The molecule has 0 saturated carbocycles. The molecule has 2 aromatic heterocycles. The lowest BCUT2D eigenvalue weighted by Gasteiger charge is -2.25. The van der Waals surface area contributed by atoms with E-state index in [4.69, 9.17) is 0 Å². The van der Waals surface area contributed by atoms with Crippen LogP contribution in [0.4, 0.5) is 0 Å². The largest absolute Gasteiger partial charge is 0.347 e. The Morgan fingerprint density at radius 1 is 1.25 bits per heavy atom. The van der Waals surface area contributed by atoms with E-state index in [1.807, 2.05) is 17.5 Å². The van der Waals surface area contributed by atoms with Crippen molar-refractivity contribution in [1.29, 1.82) is 0 Å². The van der Waals surface area contributed by atoms with Gasteiger partial charge in [0.05, 0.1) is 6.04 Å². The first kappa shape index (κ1) is 18.2. The highest BCUT2D eigenvalue weighted by Crippen LogP contribution is 2.30. The molecule has 0 aliphatic carbocycles. The Balaban J connectivity index is 2.18. The lowest BCUT2D eigenvalue weighted by molar-refractivity contribution is -0.122. The van der Waals surface area contributed by atoms with Crippen molar-refractivity contribution in [2.75, 3.05) is 0 Å². The molecule has 2 rings (SSSR count). The average molecular weight is 349 g/mol. The number of aromatic nitrogens is 2. The summed E-state index contributed by atoms with van der Waals surface area (Å²) in [6.07, 6.45) is 3.28. The van der Waals surface area contributed by atoms with E-state index in [-0.39, 0.29) is 24.1 Å². The van der Waals surface area contributed by atoms with Gasteiger partial charge in [-0.15, -0.1) is 11.3 Å². The Bertz CT molecular complexity index is 788. The number of carbonyl (C=O) groups excluding carboxylic acids is 1. The molecule has 1 amide bonds. The van der Waals surface area contributed by atoms with Crippen LogP contribution in [-0.4, -0.2) is 15.0 Å². The van der Waals surface area contributed by atoms with Crippen LogP contribution in [0.3, 0.4) is 0 Å². The van der Waals surface area contributed by atoms with Gasteiger partial charge in [0.2, 0.25) is 5.91 Å². The molecule has 2 aromatic rings. The highest BCUT2D eigenvalue weighted by Gasteiger charge is 2.23. The van der Waals surface area contributed by atoms with Gasteiger partial charge >= 0.3 is 5.69 Å². The van der Waals surface area contributed by atoms with Gasteiger partial charge in [-0.05, 0) is 17.4 Å². The minimum Gasteiger partial charge on any atom is -0.347 e. The van der Waals surface area contributed by atoms with Crippen LogP contribution in [0.25, 0.3) is 0 Å². The van der Waals surface area contributed by atoms with Crippen LogP contribution < -0.4 is 16.6 Å². The first-order chi connectivity index (χ1) is 11.5. The zero-order chi connectivity index (χ0) is 17.7. The first-order valence-electron chi connectivity index (χ1n) is 8.07. The van der Waals surface area contributed by atoms with Crippen LogP contribution >= 0.6 is 11.3 Å². The van der Waals surface area contributed by atoms with Crippen LogP contribution in [0.1, 0.15) is 37.6 Å². The van der Waals surface area contributed by atoms with Gasteiger partial charge in [-0.3, -0.25) is 18.7 Å². The van der Waals surface area contributed by atoms with Crippen molar-refractivity contribution in [3.63, 3.8) is 0 Å². The van der Waals surface area contributed by atoms with Crippen molar-refractivity contribution < 1.29 is 4.79 Å². The van der Waals surface area contributed by atoms with Crippen LogP contribution in [-0.2, 0) is 18.4 Å². The third kappa shape index (κ3) is 4.03. The quantitative estimate of drug-likeness (QED) is 0.830. The molecule has 6 nitrogen and oxygen atoms in total. The van der Waals surface area contributed by atoms with E-state index in [1.54, 1.807) is 11.3 Å². The average Bonchev–Trinajstić information content (AvgIpc) is 3.10. The van der Waals surface area contributed by atoms with Crippen molar-refractivity contribution in [3.05, 3.63) is 55.5 Å². The first-order valence-corrected chi connectivity index (χ1v) is 8.95. The minimum absolute atomic E-state index is 0.0595. The molecule has 7 heteroatoms. The zero-order valence-electron chi connectivity index (χ0n) is 14.2. The maximum absolute atomic E-state index is 12.4. The second-order valence-electron chi connectivity index (χ2n) is 5.76. The molecule has 0 aromatic carbocycles. The summed E-state index contributed by atoms with van der Waals surface area (Å²) < 4.78 is 2.24. The van der Waals surface area contributed by atoms with Crippen molar-refractivity contribution in [2.45, 2.75) is 39.3 Å². The molecule has 0 aliphatic rings. The number of nitrogens with zero attached hydrogens (tertiary/aromatic N) is 2. The molecule has 0 saturated heterocycles. The van der Waals surface area contributed by atoms with Crippen molar-refractivity contribution in [1.82, 2.24) is 14.5 Å². The van der Waals surface area contributed by atoms with Crippen molar-refractivity contribution >= 4 is 17.2 Å². The van der Waals surface area contributed by atoms with Gasteiger partial charge in [0, 0.05) is 24.2 Å². The fraction of sp³-hybridized carbons (Fsp3) is 0.471. The number of hydrogen-bond donors (Lipinski definition) is 1. The highest BCUT2D eigenvalue weighted by molar-refractivity contribution is 7.10. The second-order valence-corrected chi connectivity index (χ2v) is 6.74. The number of thiophene rings is 1. The van der Waals surface area contributed by atoms with Gasteiger partial charge in [0.1, 0.15) is 6.54 Å². The predicted molar refractivity (Wildman–Crippen MR) is 95.2 cm³/mol. The van der Waals surface area contributed by atoms with E-state index >= 15 is 0 Å². The summed E-state index contributed by atoms with van der Waals surface area (Å²) in [7, 11) is 1.40. The SMILES string of the molecule is CCC(CC)[C@H](NC(=O)Cn1ccc(=O)n(C)c1=O)c1cccs1. The van der Waals surface area contributed by atoms with Crippen LogP contribution in [0.2, 0.25) is 0 Å². The molecule has 0 unspecified atom stereocenters. The monoisotopic (exact) mass is 349 g/mol. The molecule has 0 bridgehead atoms. The fourth-order valence-electron chi connectivity index (χ4n) is 2.76. The molecular weight excluding hydrogens is 326 g/mol. The second kappa shape index (κ2) is 8.10. The molecule has 130 valence electrons. The topological polar surface area (TPSA) is 73.1 Å². The molecular formula is C17H23N3O3S. The minimum atomic E-state index is -0.493. The molecule has 0 radical (unpaired) electrons. The zero-order valence-corrected chi connectivity index (χ0v) is 15.0. The maximum Gasteiger partial charge on any atom is 0.331 e. The van der Waals surface area contributed by atoms with E-state index in [0.717, 1.165) is 22.3 Å². The van der Waals surface area contributed by atoms with Crippen LogP contribution in [0, 0.1) is 5.92 Å². The van der Waals surface area contributed by atoms with Gasteiger partial charge in [-0.25, -0.2) is 4.79 Å². The van der Waals surface area contributed by atoms with E-state index in [2.05, 4.69) is 19.2 Å². The fourth-order valence-corrected chi connectivity index (χ4v) is 3.63. The van der Waals surface area contributed by atoms with E-state index in [0.29, 0.717) is 5.92 Å². The smallest absolute Gasteiger partial charge is 0.331 e. The molecule has 1 N–H and O–H groups in total. The van der Waals surface area contributed by atoms with Gasteiger partial charge in [0.15, 0.2) is 0 Å². The Kier molecular flexibility index (Phi) is 6.14. The standard InChI is InChI=1S/C17H23N3O3S/c1-4-12(5-2)16(13-7-6-10-24-13)18-14(21)11-20-9-8-15(22)19(3)17(20)23/h6-10,12,16H,4-5,11H2,1-3H3,(H,18,21)/t16-/m0/s1. The van der Waals surface area contributed by atoms with Crippen LogP contribution in [0.5, 0.6) is 0 Å². The van der Waals surface area contributed by atoms with Crippen LogP contribution in [0.15, 0.2) is 39.4 Å². The normalized spacial score (nSPS) is 12.3. The van der Waals surface area contributed by atoms with Gasteiger partial charge in [-0.1, -0.05) is 32.8 Å². The summed E-state index contributed by atoms with van der Waals surface area (Å²) in [6.45, 7) is 4.12. The Morgan fingerprint density at radius 2 is 1.96 bits per heavy atom. The summed E-state index contributed by atoms with van der Waals surface area (Å²) in [4.78, 5) is 37.0. The summed E-state index contributed by atoms with van der Waals surface area (Å²) in [6, 6.07) is 5.22. The van der Waals surface area contributed by atoms with Crippen molar-refractivity contribution in [3.8, 4) is 0 Å². The molecule has 24 heavy (non-hydrogen) atoms.